The van der Waals surface area contributed by atoms with Crippen molar-refractivity contribution in [2.24, 2.45) is 0 Å². The van der Waals surface area contributed by atoms with Gasteiger partial charge in [-0.2, -0.15) is 0 Å². The van der Waals surface area contributed by atoms with Crippen LogP contribution in [0.3, 0.4) is 0 Å². The van der Waals surface area contributed by atoms with Gasteiger partial charge in [-0.1, -0.05) is 62.9 Å². The summed E-state index contributed by atoms with van der Waals surface area (Å²) in [5.41, 5.74) is 1.14. The molecule has 10 heteroatoms. The second-order valence-corrected chi connectivity index (χ2v) is 9.58. The predicted molar refractivity (Wildman–Crippen MR) is 119 cm³/mol. The van der Waals surface area contributed by atoms with E-state index in [1.54, 1.807) is 24.3 Å². The zero-order valence-corrected chi connectivity index (χ0v) is 19.2. The highest BCUT2D eigenvalue weighted by Gasteiger charge is 2.34. The first-order chi connectivity index (χ1) is 12.2. The molecule has 4 nitrogen and oxygen atoms in total. The van der Waals surface area contributed by atoms with Crippen LogP contribution in [0.2, 0.25) is 0 Å². The highest BCUT2D eigenvalue weighted by molar-refractivity contribution is 9.10. The van der Waals surface area contributed by atoms with Gasteiger partial charge in [0.05, 0.1) is 5.69 Å². The predicted octanol–water partition coefficient (Wildman–Crippen LogP) is 5.62. The summed E-state index contributed by atoms with van der Waals surface area (Å²) in [5, 5.41) is 8.59. The minimum absolute atomic E-state index is 0.185. The molecule has 0 fully saturated rings. The molecule has 138 valence electrons. The third kappa shape index (κ3) is 6.55. The van der Waals surface area contributed by atoms with Crippen LogP contribution in [0.25, 0.3) is 0 Å². The van der Waals surface area contributed by atoms with E-state index in [2.05, 4.69) is 47.8 Å². The summed E-state index contributed by atoms with van der Waals surface area (Å²) in [5.74, 6) is -0.412. The molecule has 0 unspecified atom stereocenters. The molecular formula is C16H12Br2Cl3N3OS. The molecule has 0 radical (unpaired) electrons. The van der Waals surface area contributed by atoms with Gasteiger partial charge in [0.25, 0.3) is 5.91 Å². The zero-order valence-electron chi connectivity index (χ0n) is 12.9. The Morgan fingerprint density at radius 1 is 1.00 bits per heavy atom. The average molecular weight is 561 g/mol. The number of para-hydroxylation sites is 1. The summed E-state index contributed by atoms with van der Waals surface area (Å²) in [7, 11) is 0. The molecule has 0 saturated carbocycles. The largest absolute Gasteiger partial charge is 0.339 e. The van der Waals surface area contributed by atoms with Crippen molar-refractivity contribution in [2.75, 3.05) is 5.32 Å². The third-order valence-corrected chi connectivity index (χ3v) is 5.20. The second kappa shape index (κ2) is 9.57. The first-order valence-corrected chi connectivity index (χ1v) is 10.2. The molecule has 0 aromatic heterocycles. The van der Waals surface area contributed by atoms with E-state index in [4.69, 9.17) is 47.0 Å². The molecule has 0 aliphatic heterocycles. The number of carbonyl (C=O) groups is 1. The Labute approximate surface area is 188 Å². The Hall–Kier alpha value is -0.570. The van der Waals surface area contributed by atoms with Gasteiger partial charge in [-0.15, -0.1) is 0 Å². The lowest BCUT2D eigenvalue weighted by Crippen LogP contribution is -2.56. The third-order valence-electron chi connectivity index (χ3n) is 3.11. The van der Waals surface area contributed by atoms with Crippen LogP contribution in [0.15, 0.2) is 57.5 Å². The van der Waals surface area contributed by atoms with Crippen LogP contribution in [-0.2, 0) is 0 Å². The number of amides is 1. The number of halogens is 5. The molecular weight excluding hydrogens is 548 g/mol. The normalized spacial score (nSPS) is 12.2. The van der Waals surface area contributed by atoms with E-state index in [0.717, 1.165) is 14.6 Å². The molecule has 1 amide bonds. The van der Waals surface area contributed by atoms with Crippen molar-refractivity contribution < 1.29 is 4.79 Å². The van der Waals surface area contributed by atoms with Crippen LogP contribution in [0, 0.1) is 0 Å². The van der Waals surface area contributed by atoms with Crippen molar-refractivity contribution in [1.82, 2.24) is 10.6 Å². The Balaban J connectivity index is 2.07. The number of alkyl halides is 3. The fourth-order valence-corrected chi connectivity index (χ4v) is 3.07. The van der Waals surface area contributed by atoms with Crippen molar-refractivity contribution in [2.45, 2.75) is 9.96 Å². The van der Waals surface area contributed by atoms with E-state index < -0.39 is 15.9 Å². The number of hydrogen-bond donors (Lipinski definition) is 3. The smallest absolute Gasteiger partial charge is 0.252 e. The minimum atomic E-state index is -1.83. The van der Waals surface area contributed by atoms with Crippen molar-refractivity contribution >= 4 is 95.6 Å². The first kappa shape index (κ1) is 21.7. The maximum absolute atomic E-state index is 12.4. The number of rotatable bonds is 4. The van der Waals surface area contributed by atoms with Crippen LogP contribution < -0.4 is 16.0 Å². The molecule has 3 N–H and O–H groups in total. The van der Waals surface area contributed by atoms with Gasteiger partial charge in [-0.3, -0.25) is 4.79 Å². The fraction of sp³-hybridized carbons (Fsp3) is 0.125. The van der Waals surface area contributed by atoms with Gasteiger partial charge < -0.3 is 16.0 Å². The molecule has 2 aromatic rings. The first-order valence-electron chi connectivity index (χ1n) is 7.12. The topological polar surface area (TPSA) is 53.2 Å². The van der Waals surface area contributed by atoms with E-state index in [1.807, 2.05) is 24.3 Å². The average Bonchev–Trinajstić information content (AvgIpc) is 2.56. The minimum Gasteiger partial charge on any atom is -0.339 e. The van der Waals surface area contributed by atoms with E-state index in [1.165, 1.54) is 0 Å². The van der Waals surface area contributed by atoms with Crippen LogP contribution in [-0.4, -0.2) is 21.0 Å². The Bertz CT molecular complexity index is 800. The summed E-state index contributed by atoms with van der Waals surface area (Å²) in [6.45, 7) is 0. The molecule has 2 rings (SSSR count). The number of nitrogens with one attached hydrogen (secondary N) is 3. The number of anilines is 1. The van der Waals surface area contributed by atoms with Gasteiger partial charge in [0.15, 0.2) is 5.11 Å². The molecule has 0 bridgehead atoms. The molecule has 26 heavy (non-hydrogen) atoms. The van der Waals surface area contributed by atoms with Gasteiger partial charge in [0.1, 0.15) is 6.17 Å². The SMILES string of the molecule is O=C(N[C@@H](NC(=S)Nc1ccccc1Br)C(Cl)(Cl)Cl)c1ccc(Br)cc1. The summed E-state index contributed by atoms with van der Waals surface area (Å²) in [4.78, 5) is 12.4. The van der Waals surface area contributed by atoms with E-state index >= 15 is 0 Å². The second-order valence-electron chi connectivity index (χ2n) is 5.03. The molecule has 0 saturated heterocycles. The molecule has 2 aromatic carbocycles. The zero-order chi connectivity index (χ0) is 19.3. The lowest BCUT2D eigenvalue weighted by Gasteiger charge is -2.28. The van der Waals surface area contributed by atoms with E-state index in [0.29, 0.717) is 5.56 Å². The van der Waals surface area contributed by atoms with Crippen LogP contribution in [0.5, 0.6) is 0 Å². The maximum Gasteiger partial charge on any atom is 0.252 e. The van der Waals surface area contributed by atoms with Crippen molar-refractivity contribution in [3.05, 3.63) is 63.0 Å². The summed E-state index contributed by atoms with van der Waals surface area (Å²) >= 11 is 29.9. The van der Waals surface area contributed by atoms with Crippen LogP contribution >= 0.6 is 78.9 Å². The molecule has 0 heterocycles. The van der Waals surface area contributed by atoms with Crippen molar-refractivity contribution in [3.8, 4) is 0 Å². The van der Waals surface area contributed by atoms with Gasteiger partial charge in [0, 0.05) is 14.5 Å². The fourth-order valence-electron chi connectivity index (χ4n) is 1.87. The molecule has 1 atom stereocenters. The van der Waals surface area contributed by atoms with Gasteiger partial charge in [0.2, 0.25) is 3.79 Å². The standard InChI is InChI=1S/C16H12Br2Cl3N3OS/c17-10-7-5-9(6-8-10)13(25)23-14(16(19,20)21)24-15(26)22-12-4-2-1-3-11(12)18/h1-8,14H,(H,23,25)(H2,22,24,26)/t14-/m0/s1. The van der Waals surface area contributed by atoms with Crippen LogP contribution in [0.1, 0.15) is 10.4 Å². The lowest BCUT2D eigenvalue weighted by atomic mass is 10.2. The van der Waals surface area contributed by atoms with Gasteiger partial charge in [-0.25, -0.2) is 0 Å². The Morgan fingerprint density at radius 2 is 1.62 bits per heavy atom. The quantitative estimate of drug-likeness (QED) is 0.258. The molecule has 0 aliphatic rings. The monoisotopic (exact) mass is 557 g/mol. The van der Waals surface area contributed by atoms with E-state index in [9.17, 15) is 4.79 Å². The molecule has 0 aliphatic carbocycles. The highest BCUT2D eigenvalue weighted by atomic mass is 79.9. The van der Waals surface area contributed by atoms with Gasteiger partial charge in [-0.05, 0) is 64.5 Å². The maximum atomic E-state index is 12.4. The number of thiocarbonyl (C=S) groups is 1. The Morgan fingerprint density at radius 3 is 2.19 bits per heavy atom. The van der Waals surface area contributed by atoms with Crippen molar-refractivity contribution in [3.63, 3.8) is 0 Å². The molecule has 0 spiro atoms. The Kier molecular flexibility index (Phi) is 8.00. The number of benzene rings is 2. The highest BCUT2D eigenvalue weighted by Crippen LogP contribution is 2.29. The summed E-state index contributed by atoms with van der Waals surface area (Å²) in [6.07, 6.45) is -1.05. The van der Waals surface area contributed by atoms with Gasteiger partial charge >= 0.3 is 0 Å². The number of hydrogen-bond acceptors (Lipinski definition) is 2. The lowest BCUT2D eigenvalue weighted by molar-refractivity contribution is 0.0934. The number of carbonyl (C=O) groups excluding carboxylic acids is 1. The van der Waals surface area contributed by atoms with E-state index in [-0.39, 0.29) is 5.11 Å². The van der Waals surface area contributed by atoms with Crippen molar-refractivity contribution in [1.29, 1.82) is 0 Å². The summed E-state index contributed by atoms with van der Waals surface area (Å²) in [6, 6.07) is 14.2. The summed E-state index contributed by atoms with van der Waals surface area (Å²) < 4.78 is -0.164. The van der Waals surface area contributed by atoms with Crippen LogP contribution in [0.4, 0.5) is 5.69 Å².